The van der Waals surface area contributed by atoms with Crippen molar-refractivity contribution in [1.82, 2.24) is 0 Å². The number of esters is 1. The molecule has 13 heavy (non-hydrogen) atoms. The quantitative estimate of drug-likeness (QED) is 0.506. The van der Waals surface area contributed by atoms with Gasteiger partial charge >= 0.3 is 12.9 Å². The van der Waals surface area contributed by atoms with Gasteiger partial charge in [-0.2, -0.15) is 0 Å². The Kier molecular flexibility index (Phi) is 2.88. The minimum absolute atomic E-state index is 0.235. The zero-order chi connectivity index (χ0) is 10.1. The van der Waals surface area contributed by atoms with E-state index in [0.29, 0.717) is 6.42 Å². The van der Waals surface area contributed by atoms with Gasteiger partial charge in [-0.25, -0.2) is 0 Å². The van der Waals surface area contributed by atoms with Gasteiger partial charge in [-0.3, -0.25) is 4.79 Å². The van der Waals surface area contributed by atoms with Crippen LogP contribution < -0.4 is 0 Å². The molecule has 6 heteroatoms. The second-order valence-corrected chi connectivity index (χ2v) is 3.30. The molecule has 1 saturated carbocycles. The molecule has 0 N–H and O–H groups in total. The van der Waals surface area contributed by atoms with Crippen molar-refractivity contribution < 1.29 is 22.5 Å². The lowest BCUT2D eigenvalue weighted by Crippen LogP contribution is -2.17. The van der Waals surface area contributed by atoms with Crippen LogP contribution in [0.2, 0.25) is 6.32 Å². The molecule has 0 aromatic carbocycles. The van der Waals surface area contributed by atoms with Crippen LogP contribution in [0, 0.1) is 11.8 Å². The molecule has 0 spiro atoms. The molecule has 0 aliphatic heterocycles. The molecule has 1 fully saturated rings. The average molecular weight is 195 g/mol. The molecule has 1 rings (SSSR count). The third-order valence-corrected chi connectivity index (χ3v) is 2.08. The summed E-state index contributed by atoms with van der Waals surface area (Å²) in [6.07, 6.45) is -0.469. The molecule has 0 aromatic heterocycles. The van der Waals surface area contributed by atoms with Crippen molar-refractivity contribution in [3.8, 4) is 0 Å². The molecule has 2 unspecified atom stereocenters. The fraction of sp³-hybridized carbons (Fsp3) is 0.857. The largest absolute Gasteiger partial charge is 0.478 e. The molecule has 0 saturated heterocycles. The Hall–Kier alpha value is -0.675. The van der Waals surface area contributed by atoms with Gasteiger partial charge < -0.3 is 17.7 Å². The summed E-state index contributed by atoms with van der Waals surface area (Å²) in [5.41, 5.74) is 0. The normalized spacial score (nSPS) is 27.1. The van der Waals surface area contributed by atoms with Crippen molar-refractivity contribution >= 4 is 12.9 Å². The minimum Gasteiger partial charge on any atom is -0.466 e. The highest BCUT2D eigenvalue weighted by Crippen LogP contribution is 2.45. The maximum Gasteiger partial charge on any atom is 0.478 e. The van der Waals surface area contributed by atoms with E-state index in [1.54, 1.807) is 6.92 Å². The van der Waals surface area contributed by atoms with E-state index in [-0.39, 0.29) is 6.61 Å². The Labute approximate surface area is 74.5 Å². The maximum absolute atomic E-state index is 11.9. The number of halogens is 3. The van der Waals surface area contributed by atoms with Gasteiger partial charge in [0.2, 0.25) is 0 Å². The predicted octanol–water partition coefficient (Wildman–Crippen LogP) is 2.03. The van der Waals surface area contributed by atoms with Crippen LogP contribution in [0.4, 0.5) is 12.9 Å². The van der Waals surface area contributed by atoms with Crippen molar-refractivity contribution in [2.75, 3.05) is 6.61 Å². The van der Waals surface area contributed by atoms with E-state index in [1.807, 2.05) is 0 Å². The van der Waals surface area contributed by atoms with E-state index in [9.17, 15) is 17.7 Å². The molecule has 2 atom stereocenters. The van der Waals surface area contributed by atoms with Crippen molar-refractivity contribution in [2.45, 2.75) is 19.7 Å². The summed E-state index contributed by atoms with van der Waals surface area (Å²) in [6, 6.07) is 0. The third kappa shape index (κ3) is 3.28. The lowest BCUT2D eigenvalue weighted by molar-refractivity contribution is -0.144. The summed E-state index contributed by atoms with van der Waals surface area (Å²) in [6.45, 7) is -2.88. The molecule has 0 radical (unpaired) electrons. The summed E-state index contributed by atoms with van der Waals surface area (Å²) < 4.78 is 40.2. The Bertz CT molecular complexity index is 204. The van der Waals surface area contributed by atoms with Crippen LogP contribution in [0.1, 0.15) is 13.3 Å². The monoisotopic (exact) mass is 195 g/mol. The lowest BCUT2D eigenvalue weighted by atomic mass is 9.83. The number of carbonyl (C=O) groups is 1. The number of rotatable bonds is 4. The summed E-state index contributed by atoms with van der Waals surface area (Å²) in [7, 11) is 0. The highest BCUT2D eigenvalue weighted by molar-refractivity contribution is 6.58. The Morgan fingerprint density at radius 1 is 1.54 bits per heavy atom. The lowest BCUT2D eigenvalue weighted by Gasteiger charge is -2.12. The van der Waals surface area contributed by atoms with E-state index < -0.39 is 31.1 Å². The van der Waals surface area contributed by atoms with Crippen LogP contribution in [0.25, 0.3) is 0 Å². The van der Waals surface area contributed by atoms with Gasteiger partial charge in [0.25, 0.3) is 0 Å². The van der Waals surface area contributed by atoms with Crippen LogP contribution in [0.3, 0.4) is 0 Å². The Balaban J connectivity index is 2.26. The van der Waals surface area contributed by atoms with Gasteiger partial charge in [-0.05, 0) is 13.3 Å². The fourth-order valence-corrected chi connectivity index (χ4v) is 1.39. The van der Waals surface area contributed by atoms with E-state index in [4.69, 9.17) is 0 Å². The number of hydrogen-bond donors (Lipinski definition) is 0. The second kappa shape index (κ2) is 3.60. The number of ether oxygens (including phenoxy) is 1. The molecular formula is C7H11BF3O2-. The first kappa shape index (κ1) is 10.4. The van der Waals surface area contributed by atoms with Gasteiger partial charge in [0.05, 0.1) is 12.5 Å². The summed E-state index contributed by atoms with van der Waals surface area (Å²) in [4.78, 5) is 10.9. The Morgan fingerprint density at radius 2 is 2.15 bits per heavy atom. The van der Waals surface area contributed by atoms with E-state index in [1.165, 1.54) is 0 Å². The first-order valence-corrected chi connectivity index (χ1v) is 4.31. The number of hydrogen-bond acceptors (Lipinski definition) is 2. The van der Waals surface area contributed by atoms with E-state index >= 15 is 0 Å². The highest BCUT2D eigenvalue weighted by Gasteiger charge is 2.47. The highest BCUT2D eigenvalue weighted by atomic mass is 19.4. The number of carbonyl (C=O) groups excluding carboxylic acids is 1. The van der Waals surface area contributed by atoms with E-state index in [2.05, 4.69) is 4.74 Å². The first-order chi connectivity index (χ1) is 5.94. The molecular weight excluding hydrogens is 184 g/mol. The van der Waals surface area contributed by atoms with Gasteiger partial charge in [0.15, 0.2) is 0 Å². The molecule has 76 valence electrons. The first-order valence-electron chi connectivity index (χ1n) is 4.31. The summed E-state index contributed by atoms with van der Waals surface area (Å²) in [5, 5.41) is 0. The third-order valence-electron chi connectivity index (χ3n) is 2.08. The SMILES string of the molecule is CCOC(=O)C1CC1C[B-](F)(F)F. The zero-order valence-electron chi connectivity index (χ0n) is 7.30. The molecule has 0 aromatic rings. The average Bonchev–Trinajstić information content (AvgIpc) is 2.64. The molecule has 0 heterocycles. The van der Waals surface area contributed by atoms with Crippen molar-refractivity contribution in [2.24, 2.45) is 11.8 Å². The Morgan fingerprint density at radius 3 is 2.62 bits per heavy atom. The van der Waals surface area contributed by atoms with Gasteiger partial charge in [0.1, 0.15) is 0 Å². The maximum atomic E-state index is 11.9. The molecule has 0 amide bonds. The predicted molar refractivity (Wildman–Crippen MR) is 42.1 cm³/mol. The van der Waals surface area contributed by atoms with Crippen molar-refractivity contribution in [3.05, 3.63) is 0 Å². The minimum atomic E-state index is -4.75. The van der Waals surface area contributed by atoms with Crippen LogP contribution in [0.5, 0.6) is 0 Å². The molecule has 0 bridgehead atoms. The van der Waals surface area contributed by atoms with Gasteiger partial charge in [-0.15, -0.1) is 0 Å². The topological polar surface area (TPSA) is 26.3 Å². The van der Waals surface area contributed by atoms with Crippen LogP contribution >= 0.6 is 0 Å². The fourth-order valence-electron chi connectivity index (χ4n) is 1.39. The summed E-state index contributed by atoms with van der Waals surface area (Å²) >= 11 is 0. The molecule has 2 nitrogen and oxygen atoms in total. The van der Waals surface area contributed by atoms with Gasteiger partial charge in [0, 0.05) is 0 Å². The standard InChI is InChI=1S/C7H11BF3O2/c1-2-13-7(12)6-3-5(6)4-8(9,10)11/h5-6H,2-4H2,1H3/q-1. The van der Waals surface area contributed by atoms with Crippen LogP contribution in [-0.4, -0.2) is 19.6 Å². The molecule has 1 aliphatic rings. The van der Waals surface area contributed by atoms with Crippen LogP contribution in [0.15, 0.2) is 0 Å². The zero-order valence-corrected chi connectivity index (χ0v) is 7.30. The van der Waals surface area contributed by atoms with Crippen molar-refractivity contribution in [3.63, 3.8) is 0 Å². The van der Waals surface area contributed by atoms with Crippen molar-refractivity contribution in [1.29, 1.82) is 0 Å². The molecule has 1 aliphatic carbocycles. The smallest absolute Gasteiger partial charge is 0.466 e. The summed E-state index contributed by atoms with van der Waals surface area (Å²) in [5.74, 6) is -1.49. The second-order valence-electron chi connectivity index (χ2n) is 3.30. The van der Waals surface area contributed by atoms with Gasteiger partial charge in [-0.1, -0.05) is 12.2 Å². The van der Waals surface area contributed by atoms with Crippen LogP contribution in [-0.2, 0) is 9.53 Å². The van der Waals surface area contributed by atoms with E-state index in [0.717, 1.165) is 0 Å².